The number of nitrogens with zero attached hydrogens (tertiary/aromatic N) is 4. The van der Waals surface area contributed by atoms with E-state index in [4.69, 9.17) is 11.6 Å². The molecule has 1 aromatic heterocycles. The van der Waals surface area contributed by atoms with Crippen molar-refractivity contribution < 1.29 is 4.79 Å². The van der Waals surface area contributed by atoms with Gasteiger partial charge in [0.25, 0.3) is 0 Å². The molecule has 22 heavy (non-hydrogen) atoms. The first-order valence-electron chi connectivity index (χ1n) is 7.23. The molecule has 0 aliphatic carbocycles. The maximum absolute atomic E-state index is 12.6. The Morgan fingerprint density at radius 2 is 1.91 bits per heavy atom. The Kier molecular flexibility index (Phi) is 3.78. The van der Waals surface area contributed by atoms with Gasteiger partial charge in [-0.3, -0.25) is 4.90 Å². The van der Waals surface area contributed by atoms with E-state index in [1.807, 2.05) is 0 Å². The number of hydrogen-bond acceptors (Lipinski definition) is 3. The van der Waals surface area contributed by atoms with Gasteiger partial charge in [-0.2, -0.15) is 9.67 Å². The second-order valence-corrected chi connectivity index (χ2v) is 6.21. The molecule has 1 aromatic carbocycles. The first-order chi connectivity index (χ1) is 10.5. The van der Waals surface area contributed by atoms with E-state index in [0.29, 0.717) is 29.9 Å². The minimum Gasteiger partial charge on any atom is -0.285 e. The number of fused-ring (bicyclic) bond motifs is 1. The number of halogens is 1. The fraction of sp³-hybridized carbons (Fsp3) is 0.400. The fourth-order valence-electron chi connectivity index (χ4n) is 2.48. The fourth-order valence-corrected chi connectivity index (χ4v) is 2.60. The second-order valence-electron chi connectivity index (χ2n) is 5.77. The molecule has 2 aromatic rings. The van der Waals surface area contributed by atoms with E-state index in [0.717, 1.165) is 12.1 Å². The molecule has 0 fully saturated rings. The minimum absolute atomic E-state index is 0.254. The van der Waals surface area contributed by atoms with E-state index in [1.165, 1.54) is 9.36 Å². The summed E-state index contributed by atoms with van der Waals surface area (Å²) in [5, 5.41) is 0.613. The topological polar surface area (TPSA) is 60.1 Å². The van der Waals surface area contributed by atoms with Crippen molar-refractivity contribution >= 4 is 23.3 Å². The number of rotatable bonds is 4. The summed E-state index contributed by atoms with van der Waals surface area (Å²) < 4.78 is 2.81. The van der Waals surface area contributed by atoms with Gasteiger partial charge < -0.3 is 0 Å². The summed E-state index contributed by atoms with van der Waals surface area (Å²) in [6.45, 7) is 4.94. The van der Waals surface area contributed by atoms with Crippen LogP contribution in [0.5, 0.6) is 0 Å². The van der Waals surface area contributed by atoms with E-state index >= 15 is 0 Å². The Morgan fingerprint density at radius 1 is 1.23 bits per heavy atom. The summed E-state index contributed by atoms with van der Waals surface area (Å²) in [5.74, 6) is 0.927. The molecule has 0 saturated heterocycles. The third-order valence-corrected chi connectivity index (χ3v) is 3.95. The van der Waals surface area contributed by atoms with Crippen molar-refractivity contribution in [2.45, 2.75) is 33.4 Å². The largest absolute Gasteiger partial charge is 0.364 e. The second kappa shape index (κ2) is 5.61. The normalized spacial score (nSPS) is 14.0. The van der Waals surface area contributed by atoms with Gasteiger partial charge in [-0.15, -0.1) is 0 Å². The molecule has 1 amide bonds. The van der Waals surface area contributed by atoms with Crippen molar-refractivity contribution in [2.75, 3.05) is 4.90 Å². The molecule has 2 heterocycles. The van der Waals surface area contributed by atoms with Gasteiger partial charge in [-0.1, -0.05) is 25.4 Å². The van der Waals surface area contributed by atoms with E-state index in [2.05, 4.69) is 18.8 Å². The number of carbonyl (C=O) groups excluding carboxylic acids is 1. The van der Waals surface area contributed by atoms with E-state index in [9.17, 15) is 9.59 Å². The highest BCUT2D eigenvalue weighted by Crippen LogP contribution is 2.24. The summed E-state index contributed by atoms with van der Waals surface area (Å²) in [4.78, 5) is 30.1. The summed E-state index contributed by atoms with van der Waals surface area (Å²) in [7, 11) is 0. The van der Waals surface area contributed by atoms with E-state index in [1.54, 1.807) is 29.2 Å². The van der Waals surface area contributed by atoms with Gasteiger partial charge in [0.2, 0.25) is 0 Å². The summed E-state index contributed by atoms with van der Waals surface area (Å²) >= 11 is 5.87. The van der Waals surface area contributed by atoms with Crippen molar-refractivity contribution in [3.05, 3.63) is 45.6 Å². The number of anilines is 1. The molecule has 7 heteroatoms. The molecule has 0 radical (unpaired) electrons. The van der Waals surface area contributed by atoms with Gasteiger partial charge in [0.1, 0.15) is 0 Å². The van der Waals surface area contributed by atoms with Crippen LogP contribution in [0.1, 0.15) is 26.1 Å². The van der Waals surface area contributed by atoms with Gasteiger partial charge in [-0.05, 0) is 36.6 Å². The Hall–Kier alpha value is -2.08. The van der Waals surface area contributed by atoms with Crippen molar-refractivity contribution in [3.8, 4) is 0 Å². The predicted molar refractivity (Wildman–Crippen MR) is 84.4 cm³/mol. The zero-order chi connectivity index (χ0) is 15.9. The van der Waals surface area contributed by atoms with Crippen LogP contribution >= 0.6 is 11.6 Å². The average Bonchev–Trinajstić information content (AvgIpc) is 2.94. The Bertz CT molecular complexity index is 761. The van der Waals surface area contributed by atoms with Crippen LogP contribution in [0.2, 0.25) is 5.02 Å². The monoisotopic (exact) mass is 320 g/mol. The molecule has 0 unspecified atom stereocenters. The van der Waals surface area contributed by atoms with Crippen molar-refractivity contribution in [2.24, 2.45) is 5.92 Å². The molecular formula is C15H17ClN4O2. The Morgan fingerprint density at radius 3 is 2.55 bits per heavy atom. The van der Waals surface area contributed by atoms with Crippen LogP contribution in [0.25, 0.3) is 0 Å². The smallest absolute Gasteiger partial charge is 0.285 e. The molecule has 0 spiro atoms. The number of hydrogen-bond donors (Lipinski definition) is 0. The number of amides is 1. The van der Waals surface area contributed by atoms with Gasteiger partial charge in [0.15, 0.2) is 5.82 Å². The summed E-state index contributed by atoms with van der Waals surface area (Å²) in [6, 6.07) is 6.77. The lowest BCUT2D eigenvalue weighted by atomic mass is 10.1. The molecule has 6 nitrogen and oxygen atoms in total. The standard InChI is InChI=1S/C15H17ClN4O2/c1-10(2)7-8-19-14(21)17-13-9-18(15(22)20(13)19)12-5-3-11(16)4-6-12/h3-6,10H,7-9H2,1-2H3. The quantitative estimate of drug-likeness (QED) is 0.870. The molecule has 116 valence electrons. The summed E-state index contributed by atoms with van der Waals surface area (Å²) in [6.07, 6.45) is 0.819. The third kappa shape index (κ3) is 2.54. The molecule has 0 N–H and O–H groups in total. The molecule has 1 aliphatic heterocycles. The predicted octanol–water partition coefficient (Wildman–Crippen LogP) is 2.73. The zero-order valence-electron chi connectivity index (χ0n) is 12.5. The van der Waals surface area contributed by atoms with Crippen LogP contribution in [0.15, 0.2) is 29.1 Å². The zero-order valence-corrected chi connectivity index (χ0v) is 13.2. The Labute approximate surface area is 132 Å². The van der Waals surface area contributed by atoms with Crippen molar-refractivity contribution in [1.29, 1.82) is 0 Å². The average molecular weight is 321 g/mol. The van der Waals surface area contributed by atoms with E-state index in [-0.39, 0.29) is 11.7 Å². The van der Waals surface area contributed by atoms with Crippen LogP contribution in [0, 0.1) is 5.92 Å². The van der Waals surface area contributed by atoms with Crippen molar-refractivity contribution in [3.63, 3.8) is 0 Å². The lowest BCUT2D eigenvalue weighted by Gasteiger charge is -2.16. The molecule has 0 bridgehead atoms. The maximum atomic E-state index is 12.6. The lowest BCUT2D eigenvalue weighted by molar-refractivity contribution is 0.243. The SMILES string of the molecule is CC(C)CCn1c(=O)nc2n1C(=O)N(c1ccc(Cl)cc1)C2. The lowest BCUT2D eigenvalue weighted by Crippen LogP contribution is -2.34. The highest BCUT2D eigenvalue weighted by Gasteiger charge is 2.33. The van der Waals surface area contributed by atoms with Crippen LogP contribution in [-0.4, -0.2) is 20.4 Å². The molecular weight excluding hydrogens is 304 g/mol. The molecule has 1 aliphatic rings. The number of aromatic nitrogens is 3. The molecule has 3 rings (SSSR count). The summed E-state index contributed by atoms with van der Waals surface area (Å²) in [5.41, 5.74) is 0.377. The first-order valence-corrected chi connectivity index (χ1v) is 7.61. The highest BCUT2D eigenvalue weighted by molar-refractivity contribution is 6.30. The maximum Gasteiger partial charge on any atom is 0.364 e. The van der Waals surface area contributed by atoms with Crippen LogP contribution in [0.4, 0.5) is 10.5 Å². The minimum atomic E-state index is -0.361. The highest BCUT2D eigenvalue weighted by atomic mass is 35.5. The van der Waals surface area contributed by atoms with Gasteiger partial charge >= 0.3 is 11.7 Å². The van der Waals surface area contributed by atoms with Gasteiger partial charge in [0, 0.05) is 17.3 Å². The number of carbonyl (C=O) groups is 1. The van der Waals surface area contributed by atoms with Crippen molar-refractivity contribution in [1.82, 2.24) is 14.3 Å². The van der Waals surface area contributed by atoms with Crippen LogP contribution in [0.3, 0.4) is 0 Å². The molecule has 0 atom stereocenters. The van der Waals surface area contributed by atoms with E-state index < -0.39 is 0 Å². The molecule has 0 saturated carbocycles. The van der Waals surface area contributed by atoms with Gasteiger partial charge in [-0.25, -0.2) is 14.3 Å². The Balaban J connectivity index is 1.91. The van der Waals surface area contributed by atoms with Crippen LogP contribution < -0.4 is 10.6 Å². The number of benzene rings is 1. The first kappa shape index (κ1) is 14.8. The van der Waals surface area contributed by atoms with Crippen LogP contribution in [-0.2, 0) is 13.1 Å². The third-order valence-electron chi connectivity index (χ3n) is 3.70. The van der Waals surface area contributed by atoms with Gasteiger partial charge in [0.05, 0.1) is 6.54 Å².